The number of rotatable bonds is 8. The second-order valence-electron chi connectivity index (χ2n) is 5.72. The number of nitrogens with one attached hydrogen (secondary N) is 2. The van der Waals surface area contributed by atoms with E-state index in [1.165, 1.54) is 5.69 Å². The highest BCUT2D eigenvalue weighted by Gasteiger charge is 2.03. The maximum atomic E-state index is 11.6. The minimum Gasteiger partial charge on any atom is -0.372 e. The van der Waals surface area contributed by atoms with Gasteiger partial charge in [0, 0.05) is 42.3 Å². The molecule has 2 aromatic rings. The van der Waals surface area contributed by atoms with Crippen LogP contribution in [-0.2, 0) is 4.79 Å². The van der Waals surface area contributed by atoms with Crippen molar-refractivity contribution in [1.82, 2.24) is 0 Å². The highest BCUT2D eigenvalue weighted by Crippen LogP contribution is 2.22. The Morgan fingerprint density at radius 2 is 1.33 bits per heavy atom. The van der Waals surface area contributed by atoms with E-state index >= 15 is 0 Å². The van der Waals surface area contributed by atoms with Crippen LogP contribution in [0.5, 0.6) is 0 Å². The zero-order valence-electron chi connectivity index (χ0n) is 14.8. The molecule has 0 fully saturated rings. The first-order valence-electron chi connectivity index (χ1n) is 8.68. The van der Waals surface area contributed by atoms with Crippen LogP contribution in [0, 0.1) is 0 Å². The molecule has 4 heteroatoms. The van der Waals surface area contributed by atoms with E-state index < -0.39 is 0 Å². The van der Waals surface area contributed by atoms with Crippen LogP contribution in [0.4, 0.5) is 22.7 Å². The van der Waals surface area contributed by atoms with Crippen LogP contribution in [0.1, 0.15) is 33.6 Å². The topological polar surface area (TPSA) is 44.4 Å². The molecule has 0 bridgehead atoms. The van der Waals surface area contributed by atoms with Crippen molar-refractivity contribution in [3.63, 3.8) is 0 Å². The summed E-state index contributed by atoms with van der Waals surface area (Å²) in [6, 6.07) is 16.2. The Morgan fingerprint density at radius 3 is 1.83 bits per heavy atom. The Morgan fingerprint density at radius 1 is 0.833 bits per heavy atom. The minimum absolute atomic E-state index is 0.0604. The lowest BCUT2D eigenvalue weighted by Gasteiger charge is -2.21. The third-order valence-corrected chi connectivity index (χ3v) is 3.93. The average molecular weight is 325 g/mol. The summed E-state index contributed by atoms with van der Waals surface area (Å²) in [6.45, 7) is 8.34. The van der Waals surface area contributed by atoms with Gasteiger partial charge in [-0.05, 0) is 68.8 Å². The van der Waals surface area contributed by atoms with Gasteiger partial charge in [-0.2, -0.15) is 0 Å². The third kappa shape index (κ3) is 5.01. The van der Waals surface area contributed by atoms with Crippen LogP contribution >= 0.6 is 0 Å². The zero-order valence-corrected chi connectivity index (χ0v) is 14.8. The maximum Gasteiger partial charge on any atom is 0.224 e. The summed E-state index contributed by atoms with van der Waals surface area (Å²) in [5, 5.41) is 6.28. The Kier molecular flexibility index (Phi) is 6.67. The Hall–Kier alpha value is -2.49. The predicted molar refractivity (Wildman–Crippen MR) is 103 cm³/mol. The van der Waals surface area contributed by atoms with Crippen molar-refractivity contribution in [2.24, 2.45) is 0 Å². The molecule has 0 aliphatic heterocycles. The van der Waals surface area contributed by atoms with Crippen molar-refractivity contribution in [1.29, 1.82) is 0 Å². The van der Waals surface area contributed by atoms with Gasteiger partial charge in [0.2, 0.25) is 5.91 Å². The molecule has 1 amide bonds. The molecule has 0 unspecified atom stereocenters. The smallest absolute Gasteiger partial charge is 0.224 e. The average Bonchev–Trinajstić information content (AvgIpc) is 2.59. The van der Waals surface area contributed by atoms with Gasteiger partial charge in [-0.3, -0.25) is 4.79 Å². The summed E-state index contributed by atoms with van der Waals surface area (Å²) in [6.07, 6.45) is 1.41. The molecule has 0 saturated carbocycles. The van der Waals surface area contributed by atoms with Crippen molar-refractivity contribution in [2.45, 2.75) is 33.6 Å². The molecule has 2 rings (SSSR count). The van der Waals surface area contributed by atoms with Gasteiger partial charge in [0.15, 0.2) is 0 Å². The number of anilines is 4. The first-order chi connectivity index (χ1) is 11.7. The van der Waals surface area contributed by atoms with Crippen molar-refractivity contribution in [3.8, 4) is 0 Å². The van der Waals surface area contributed by atoms with Crippen LogP contribution in [0.2, 0.25) is 0 Å². The van der Waals surface area contributed by atoms with E-state index in [1.807, 2.05) is 31.2 Å². The third-order valence-electron chi connectivity index (χ3n) is 3.93. The fraction of sp³-hybridized carbons (Fsp3) is 0.350. The number of nitrogens with zero attached hydrogens (tertiary/aromatic N) is 1. The van der Waals surface area contributed by atoms with Crippen LogP contribution in [0.3, 0.4) is 0 Å². The summed E-state index contributed by atoms with van der Waals surface area (Å²) in [7, 11) is 0. The molecule has 0 aromatic heterocycles. The molecule has 0 aliphatic carbocycles. The van der Waals surface area contributed by atoms with Crippen molar-refractivity contribution < 1.29 is 4.79 Å². The molecule has 2 N–H and O–H groups in total. The fourth-order valence-corrected chi connectivity index (χ4v) is 2.60. The molecular weight excluding hydrogens is 298 g/mol. The summed E-state index contributed by atoms with van der Waals surface area (Å²) in [5.41, 5.74) is 4.11. The van der Waals surface area contributed by atoms with Crippen LogP contribution in [-0.4, -0.2) is 19.0 Å². The summed E-state index contributed by atoms with van der Waals surface area (Å²) in [5.74, 6) is 0.0604. The maximum absolute atomic E-state index is 11.6. The van der Waals surface area contributed by atoms with E-state index in [-0.39, 0.29) is 5.91 Å². The van der Waals surface area contributed by atoms with Gasteiger partial charge in [0.05, 0.1) is 0 Å². The van der Waals surface area contributed by atoms with E-state index in [1.54, 1.807) is 0 Å². The van der Waals surface area contributed by atoms with Gasteiger partial charge in [0.1, 0.15) is 0 Å². The highest BCUT2D eigenvalue weighted by atomic mass is 16.1. The van der Waals surface area contributed by atoms with Crippen LogP contribution in [0.15, 0.2) is 48.5 Å². The van der Waals surface area contributed by atoms with Crippen LogP contribution in [0.25, 0.3) is 0 Å². The number of hydrogen-bond donors (Lipinski definition) is 2. The SMILES string of the molecule is CCCC(=O)Nc1ccc(Nc2ccc(N(CC)CC)cc2)cc1. The second kappa shape index (κ2) is 8.96. The summed E-state index contributed by atoms with van der Waals surface area (Å²) >= 11 is 0. The number of carbonyl (C=O) groups is 1. The first kappa shape index (κ1) is 17.9. The van der Waals surface area contributed by atoms with E-state index in [0.29, 0.717) is 6.42 Å². The molecular formula is C20H27N3O. The number of carbonyl (C=O) groups excluding carboxylic acids is 1. The number of hydrogen-bond acceptors (Lipinski definition) is 3. The molecule has 0 atom stereocenters. The summed E-state index contributed by atoms with van der Waals surface area (Å²) in [4.78, 5) is 13.9. The standard InChI is InChI=1S/C20H27N3O/c1-4-7-20(24)22-18-10-8-16(9-11-18)21-17-12-14-19(15-13-17)23(5-2)6-3/h8-15,21H,4-7H2,1-3H3,(H,22,24). The van der Waals surface area contributed by atoms with E-state index in [4.69, 9.17) is 0 Å². The Bertz CT molecular complexity index is 631. The van der Waals surface area contributed by atoms with Gasteiger partial charge in [-0.25, -0.2) is 0 Å². The quantitative estimate of drug-likeness (QED) is 0.716. The molecule has 0 radical (unpaired) electrons. The second-order valence-corrected chi connectivity index (χ2v) is 5.72. The largest absolute Gasteiger partial charge is 0.372 e. The van der Waals surface area contributed by atoms with E-state index in [0.717, 1.165) is 36.6 Å². The monoisotopic (exact) mass is 325 g/mol. The van der Waals surface area contributed by atoms with Crippen molar-refractivity contribution >= 4 is 28.7 Å². The van der Waals surface area contributed by atoms with E-state index in [9.17, 15) is 4.79 Å². The van der Waals surface area contributed by atoms with Gasteiger partial charge in [0.25, 0.3) is 0 Å². The Balaban J connectivity index is 1.97. The van der Waals surface area contributed by atoms with Gasteiger partial charge in [-0.1, -0.05) is 6.92 Å². The van der Waals surface area contributed by atoms with Crippen LogP contribution < -0.4 is 15.5 Å². The molecule has 0 spiro atoms. The molecule has 0 aliphatic rings. The van der Waals surface area contributed by atoms with Gasteiger partial charge in [-0.15, -0.1) is 0 Å². The molecule has 0 saturated heterocycles. The first-order valence-corrected chi connectivity index (χ1v) is 8.68. The number of amides is 1. The lowest BCUT2D eigenvalue weighted by Crippen LogP contribution is -2.21. The molecule has 128 valence electrons. The summed E-state index contributed by atoms with van der Waals surface area (Å²) < 4.78 is 0. The normalized spacial score (nSPS) is 10.3. The zero-order chi connectivity index (χ0) is 17.4. The van der Waals surface area contributed by atoms with E-state index in [2.05, 4.69) is 53.6 Å². The Labute approximate surface area is 144 Å². The predicted octanol–water partition coefficient (Wildman–Crippen LogP) is 5.02. The van der Waals surface area contributed by atoms with Gasteiger partial charge >= 0.3 is 0 Å². The fourth-order valence-electron chi connectivity index (χ4n) is 2.60. The molecule has 0 heterocycles. The van der Waals surface area contributed by atoms with Gasteiger partial charge < -0.3 is 15.5 Å². The molecule has 2 aromatic carbocycles. The molecule has 4 nitrogen and oxygen atoms in total. The van der Waals surface area contributed by atoms with Crippen molar-refractivity contribution in [2.75, 3.05) is 28.6 Å². The van der Waals surface area contributed by atoms with Crippen molar-refractivity contribution in [3.05, 3.63) is 48.5 Å². The number of benzene rings is 2. The lowest BCUT2D eigenvalue weighted by molar-refractivity contribution is -0.116. The molecule has 24 heavy (non-hydrogen) atoms. The minimum atomic E-state index is 0.0604. The highest BCUT2D eigenvalue weighted by molar-refractivity contribution is 5.90. The lowest BCUT2D eigenvalue weighted by atomic mass is 10.2.